The SMILES string of the molecule is CCC(NC(=O)N(C)Cc1ccccn1)C(=O)O. The number of carboxylic acid groups (broad SMARTS) is 1. The van der Waals surface area contributed by atoms with Gasteiger partial charge in [-0.2, -0.15) is 0 Å². The monoisotopic (exact) mass is 251 g/mol. The largest absolute Gasteiger partial charge is 0.480 e. The van der Waals surface area contributed by atoms with Crippen molar-refractivity contribution in [1.29, 1.82) is 0 Å². The number of urea groups is 1. The van der Waals surface area contributed by atoms with Crippen LogP contribution in [0.1, 0.15) is 19.0 Å². The van der Waals surface area contributed by atoms with Crippen LogP contribution in [0.3, 0.4) is 0 Å². The van der Waals surface area contributed by atoms with E-state index < -0.39 is 18.0 Å². The van der Waals surface area contributed by atoms with Crippen LogP contribution in [0.15, 0.2) is 24.4 Å². The van der Waals surface area contributed by atoms with E-state index in [1.54, 1.807) is 32.3 Å². The molecule has 0 aliphatic heterocycles. The molecule has 1 rings (SSSR count). The number of pyridine rings is 1. The number of aromatic nitrogens is 1. The molecule has 98 valence electrons. The first-order valence-corrected chi connectivity index (χ1v) is 5.69. The molecule has 0 radical (unpaired) electrons. The number of aliphatic carboxylic acids is 1. The number of carbonyl (C=O) groups is 2. The molecule has 2 N–H and O–H groups in total. The van der Waals surface area contributed by atoms with Crippen molar-refractivity contribution in [3.8, 4) is 0 Å². The molecule has 0 saturated heterocycles. The highest BCUT2D eigenvalue weighted by Crippen LogP contribution is 2.00. The van der Waals surface area contributed by atoms with Gasteiger partial charge in [-0.1, -0.05) is 13.0 Å². The summed E-state index contributed by atoms with van der Waals surface area (Å²) in [4.78, 5) is 28.0. The molecule has 0 fully saturated rings. The Bertz CT molecular complexity index is 408. The molecule has 0 aromatic carbocycles. The van der Waals surface area contributed by atoms with Crippen LogP contribution in [0.25, 0.3) is 0 Å². The molecule has 0 bridgehead atoms. The van der Waals surface area contributed by atoms with E-state index in [9.17, 15) is 9.59 Å². The van der Waals surface area contributed by atoms with Gasteiger partial charge in [-0.15, -0.1) is 0 Å². The van der Waals surface area contributed by atoms with Gasteiger partial charge in [-0.25, -0.2) is 9.59 Å². The third-order valence-corrected chi connectivity index (χ3v) is 2.48. The van der Waals surface area contributed by atoms with Gasteiger partial charge in [-0.3, -0.25) is 4.98 Å². The number of nitrogens with zero attached hydrogens (tertiary/aromatic N) is 2. The lowest BCUT2D eigenvalue weighted by Gasteiger charge is -2.20. The van der Waals surface area contributed by atoms with Crippen LogP contribution in [0.5, 0.6) is 0 Å². The Kier molecular flexibility index (Phi) is 5.10. The minimum Gasteiger partial charge on any atom is -0.480 e. The van der Waals surface area contributed by atoms with Crippen LogP contribution >= 0.6 is 0 Å². The van der Waals surface area contributed by atoms with E-state index in [-0.39, 0.29) is 0 Å². The normalized spacial score (nSPS) is 11.7. The summed E-state index contributed by atoms with van der Waals surface area (Å²) in [6, 6.07) is 4.15. The third-order valence-electron chi connectivity index (χ3n) is 2.48. The fourth-order valence-electron chi connectivity index (χ4n) is 1.40. The van der Waals surface area contributed by atoms with Crippen molar-refractivity contribution in [3.05, 3.63) is 30.1 Å². The molecule has 0 aliphatic carbocycles. The molecule has 6 heteroatoms. The summed E-state index contributed by atoms with van der Waals surface area (Å²) in [5, 5.41) is 11.3. The summed E-state index contributed by atoms with van der Waals surface area (Å²) >= 11 is 0. The van der Waals surface area contributed by atoms with Crippen molar-refractivity contribution in [1.82, 2.24) is 15.2 Å². The standard InChI is InChI=1S/C12H17N3O3/c1-3-10(11(16)17)14-12(18)15(2)8-9-6-4-5-7-13-9/h4-7,10H,3,8H2,1-2H3,(H,14,18)(H,16,17). The lowest BCUT2D eigenvalue weighted by Crippen LogP contribution is -2.46. The predicted molar refractivity (Wildman–Crippen MR) is 66.0 cm³/mol. The predicted octanol–water partition coefficient (Wildman–Crippen LogP) is 1.09. The topological polar surface area (TPSA) is 82.5 Å². The van der Waals surface area contributed by atoms with Gasteiger partial charge in [0.2, 0.25) is 0 Å². The average molecular weight is 251 g/mol. The van der Waals surface area contributed by atoms with Crippen LogP contribution in [0.4, 0.5) is 4.79 Å². The van der Waals surface area contributed by atoms with Crippen LogP contribution in [0.2, 0.25) is 0 Å². The molecular formula is C12H17N3O3. The average Bonchev–Trinajstić information content (AvgIpc) is 2.36. The maximum absolute atomic E-state index is 11.7. The Hall–Kier alpha value is -2.11. The zero-order valence-corrected chi connectivity index (χ0v) is 10.5. The number of hydrogen-bond donors (Lipinski definition) is 2. The van der Waals surface area contributed by atoms with Gasteiger partial charge in [0.25, 0.3) is 0 Å². The Labute approximate surface area is 106 Å². The van der Waals surface area contributed by atoms with Crippen molar-refractivity contribution in [2.24, 2.45) is 0 Å². The maximum Gasteiger partial charge on any atom is 0.326 e. The second-order valence-corrected chi connectivity index (χ2v) is 3.93. The zero-order valence-electron chi connectivity index (χ0n) is 10.5. The van der Waals surface area contributed by atoms with E-state index in [1.807, 2.05) is 6.07 Å². The number of rotatable bonds is 5. The van der Waals surface area contributed by atoms with Gasteiger partial charge in [0, 0.05) is 13.2 Å². The summed E-state index contributed by atoms with van der Waals surface area (Å²) < 4.78 is 0. The fraction of sp³-hybridized carbons (Fsp3) is 0.417. The molecule has 1 aromatic rings. The van der Waals surface area contributed by atoms with E-state index in [0.717, 1.165) is 5.69 Å². The molecule has 6 nitrogen and oxygen atoms in total. The van der Waals surface area contributed by atoms with Crippen molar-refractivity contribution < 1.29 is 14.7 Å². The first kappa shape index (κ1) is 14.0. The van der Waals surface area contributed by atoms with Gasteiger partial charge in [0.05, 0.1) is 12.2 Å². The molecule has 0 aliphatic rings. The van der Waals surface area contributed by atoms with Crippen LogP contribution < -0.4 is 5.32 Å². The lowest BCUT2D eigenvalue weighted by atomic mass is 10.2. The van der Waals surface area contributed by atoms with E-state index >= 15 is 0 Å². The van der Waals surface area contributed by atoms with Crippen LogP contribution in [-0.4, -0.2) is 40.1 Å². The third kappa shape index (κ3) is 4.04. The molecular weight excluding hydrogens is 234 g/mol. The van der Waals surface area contributed by atoms with E-state index in [0.29, 0.717) is 13.0 Å². The summed E-state index contributed by atoms with van der Waals surface area (Å²) in [5.41, 5.74) is 0.749. The maximum atomic E-state index is 11.7. The van der Waals surface area contributed by atoms with Gasteiger partial charge in [0.1, 0.15) is 6.04 Å². The molecule has 1 atom stereocenters. The van der Waals surface area contributed by atoms with Gasteiger partial charge in [0.15, 0.2) is 0 Å². The minimum atomic E-state index is -1.03. The Balaban J connectivity index is 2.54. The van der Waals surface area contributed by atoms with E-state index in [2.05, 4.69) is 10.3 Å². The lowest BCUT2D eigenvalue weighted by molar-refractivity contribution is -0.139. The second kappa shape index (κ2) is 6.58. The summed E-state index contributed by atoms with van der Waals surface area (Å²) in [5.74, 6) is -1.03. The smallest absolute Gasteiger partial charge is 0.326 e. The molecule has 2 amide bonds. The van der Waals surface area contributed by atoms with Gasteiger partial charge < -0.3 is 15.3 Å². The Morgan fingerprint density at radius 1 is 1.50 bits per heavy atom. The minimum absolute atomic E-state index is 0.336. The van der Waals surface area contributed by atoms with Crippen LogP contribution in [0, 0.1) is 0 Å². The Morgan fingerprint density at radius 3 is 2.72 bits per heavy atom. The summed E-state index contributed by atoms with van der Waals surface area (Å²) in [6.07, 6.45) is 1.99. The zero-order chi connectivity index (χ0) is 13.5. The van der Waals surface area contributed by atoms with Crippen molar-refractivity contribution in [2.45, 2.75) is 25.9 Å². The molecule has 1 aromatic heterocycles. The Morgan fingerprint density at radius 2 is 2.22 bits per heavy atom. The number of carbonyl (C=O) groups excluding carboxylic acids is 1. The highest BCUT2D eigenvalue weighted by molar-refractivity contribution is 5.82. The van der Waals surface area contributed by atoms with Gasteiger partial charge >= 0.3 is 12.0 Å². The van der Waals surface area contributed by atoms with E-state index in [4.69, 9.17) is 5.11 Å². The van der Waals surface area contributed by atoms with Crippen LogP contribution in [-0.2, 0) is 11.3 Å². The first-order valence-electron chi connectivity index (χ1n) is 5.69. The number of carboxylic acids is 1. The van der Waals surface area contributed by atoms with Crippen molar-refractivity contribution in [3.63, 3.8) is 0 Å². The molecule has 0 spiro atoms. The first-order chi connectivity index (χ1) is 8.54. The fourth-order valence-corrected chi connectivity index (χ4v) is 1.40. The quantitative estimate of drug-likeness (QED) is 0.820. The highest BCUT2D eigenvalue weighted by atomic mass is 16.4. The summed E-state index contributed by atoms with van der Waals surface area (Å²) in [7, 11) is 1.60. The number of nitrogens with one attached hydrogen (secondary N) is 1. The second-order valence-electron chi connectivity index (χ2n) is 3.93. The summed E-state index contributed by atoms with van der Waals surface area (Å²) in [6.45, 7) is 2.04. The van der Waals surface area contributed by atoms with Crippen molar-refractivity contribution >= 4 is 12.0 Å². The van der Waals surface area contributed by atoms with Gasteiger partial charge in [-0.05, 0) is 18.6 Å². The molecule has 0 saturated carbocycles. The molecule has 1 heterocycles. The molecule has 1 unspecified atom stereocenters. The number of amides is 2. The highest BCUT2D eigenvalue weighted by Gasteiger charge is 2.19. The van der Waals surface area contributed by atoms with Crippen molar-refractivity contribution in [2.75, 3.05) is 7.05 Å². The number of hydrogen-bond acceptors (Lipinski definition) is 3. The van der Waals surface area contributed by atoms with E-state index in [1.165, 1.54) is 4.90 Å². The molecule has 18 heavy (non-hydrogen) atoms.